The minimum absolute atomic E-state index is 0.162. The molecule has 18 heavy (non-hydrogen) atoms. The fraction of sp³-hybridized carbons (Fsp3) is 0.417. The highest BCUT2D eigenvalue weighted by molar-refractivity contribution is 6.76. The largest absolute Gasteiger partial charge is 0.385 e. The molecule has 0 radical (unpaired) electrons. The Labute approximate surface area is 105 Å². The summed E-state index contributed by atoms with van der Waals surface area (Å²) in [6, 6.07) is 0.729. The molecule has 1 aromatic rings. The average molecular weight is 275 g/mol. The van der Waals surface area contributed by atoms with Gasteiger partial charge < -0.3 is 5.32 Å². The van der Waals surface area contributed by atoms with Crippen molar-refractivity contribution in [2.24, 2.45) is 0 Å². The lowest BCUT2D eigenvalue weighted by molar-refractivity contribution is 0.101. The van der Waals surface area contributed by atoms with Crippen molar-refractivity contribution in [2.75, 3.05) is 11.5 Å². The number of hydrogen-bond donors (Lipinski definition) is 1. The lowest BCUT2D eigenvalue weighted by Crippen LogP contribution is -2.32. The summed E-state index contributed by atoms with van der Waals surface area (Å²) >= 11 is 0. The minimum Gasteiger partial charge on any atom is -0.385 e. The van der Waals surface area contributed by atoms with E-state index in [9.17, 15) is 18.0 Å². The Morgan fingerprint density at radius 1 is 1.22 bits per heavy atom. The van der Waals surface area contributed by atoms with Gasteiger partial charge in [0.1, 0.15) is 0 Å². The molecule has 2 nitrogen and oxygen atoms in total. The van der Waals surface area contributed by atoms with Crippen LogP contribution in [0.4, 0.5) is 18.9 Å². The first kappa shape index (κ1) is 14.8. The second-order valence-electron chi connectivity index (χ2n) is 5.38. The molecule has 0 aliphatic carbocycles. The van der Waals surface area contributed by atoms with Crippen LogP contribution in [0.15, 0.2) is 6.07 Å². The molecular formula is C12H16F3NOSi. The van der Waals surface area contributed by atoms with Crippen LogP contribution in [0.3, 0.4) is 0 Å². The Hall–Kier alpha value is -1.30. The number of Topliss-reactive ketones (excluding diaryl/α,β-unsaturated/α-hetero) is 1. The summed E-state index contributed by atoms with van der Waals surface area (Å²) in [6.45, 7) is 7.29. The summed E-state index contributed by atoms with van der Waals surface area (Å²) in [7, 11) is -1.56. The quantitative estimate of drug-likeness (QED) is 0.517. The van der Waals surface area contributed by atoms with Gasteiger partial charge in [0.2, 0.25) is 0 Å². The predicted octanol–water partition coefficient (Wildman–Crippen LogP) is 3.60. The average Bonchev–Trinajstić information content (AvgIpc) is 2.22. The molecule has 6 heteroatoms. The van der Waals surface area contributed by atoms with E-state index in [4.69, 9.17) is 0 Å². The number of benzene rings is 1. The van der Waals surface area contributed by atoms with Crippen LogP contribution in [0.25, 0.3) is 0 Å². The zero-order chi connectivity index (χ0) is 14.1. The van der Waals surface area contributed by atoms with Gasteiger partial charge in [0.15, 0.2) is 23.2 Å². The molecular weight excluding hydrogens is 259 g/mol. The van der Waals surface area contributed by atoms with Crippen LogP contribution >= 0.6 is 0 Å². The number of nitrogens with one attached hydrogen (secondary N) is 1. The van der Waals surface area contributed by atoms with Crippen molar-refractivity contribution < 1.29 is 18.0 Å². The first-order valence-corrected chi connectivity index (χ1v) is 9.26. The predicted molar refractivity (Wildman–Crippen MR) is 68.2 cm³/mol. The molecule has 0 fully saturated rings. The molecule has 100 valence electrons. The van der Waals surface area contributed by atoms with Gasteiger partial charge in [-0.15, -0.1) is 0 Å². The van der Waals surface area contributed by atoms with E-state index in [0.29, 0.717) is 6.17 Å². The van der Waals surface area contributed by atoms with Gasteiger partial charge >= 0.3 is 0 Å². The van der Waals surface area contributed by atoms with E-state index in [1.165, 1.54) is 6.92 Å². The molecule has 0 aromatic heterocycles. The number of rotatable bonds is 4. The smallest absolute Gasteiger partial charge is 0.196 e. The molecule has 0 amide bonds. The van der Waals surface area contributed by atoms with E-state index in [1.807, 2.05) is 19.6 Å². The maximum Gasteiger partial charge on any atom is 0.196 e. The highest BCUT2D eigenvalue weighted by atomic mass is 28.3. The van der Waals surface area contributed by atoms with E-state index in [0.717, 1.165) is 6.07 Å². The molecule has 0 spiro atoms. The number of halogens is 3. The third kappa shape index (κ3) is 3.35. The van der Waals surface area contributed by atoms with Crippen LogP contribution in [0.1, 0.15) is 17.3 Å². The molecule has 0 heterocycles. The van der Waals surface area contributed by atoms with Gasteiger partial charge in [-0.2, -0.15) is 0 Å². The van der Waals surface area contributed by atoms with Crippen LogP contribution < -0.4 is 5.32 Å². The first-order valence-electron chi connectivity index (χ1n) is 5.56. The fourth-order valence-electron chi connectivity index (χ4n) is 1.40. The normalized spacial score (nSPS) is 11.5. The van der Waals surface area contributed by atoms with E-state index in [1.54, 1.807) is 0 Å². The molecule has 0 aliphatic rings. The van der Waals surface area contributed by atoms with Crippen molar-refractivity contribution >= 4 is 19.5 Å². The summed E-state index contributed by atoms with van der Waals surface area (Å²) < 4.78 is 39.9. The van der Waals surface area contributed by atoms with Crippen LogP contribution in [-0.4, -0.2) is 20.0 Å². The molecule has 1 rings (SSSR count). The van der Waals surface area contributed by atoms with Crippen molar-refractivity contribution in [1.29, 1.82) is 0 Å². The van der Waals surface area contributed by atoms with Crippen molar-refractivity contribution in [1.82, 2.24) is 0 Å². The SMILES string of the molecule is CC(=O)c1cc(F)c(F)c(F)c1NC[Si](C)(C)C. The molecule has 0 bridgehead atoms. The maximum absolute atomic E-state index is 13.6. The molecule has 1 aromatic carbocycles. The van der Waals surface area contributed by atoms with Crippen LogP contribution in [0, 0.1) is 17.5 Å². The minimum atomic E-state index is -1.56. The topological polar surface area (TPSA) is 29.1 Å². The van der Waals surface area contributed by atoms with Gasteiger partial charge in [-0.25, -0.2) is 13.2 Å². The summed E-state index contributed by atoms with van der Waals surface area (Å²) in [4.78, 5) is 11.3. The van der Waals surface area contributed by atoms with Crippen molar-refractivity contribution in [3.05, 3.63) is 29.1 Å². The Balaban J connectivity index is 3.23. The van der Waals surface area contributed by atoms with Gasteiger partial charge in [0, 0.05) is 11.7 Å². The van der Waals surface area contributed by atoms with E-state index >= 15 is 0 Å². The number of anilines is 1. The Bertz CT molecular complexity index is 483. The monoisotopic (exact) mass is 275 g/mol. The standard InChI is InChI=1S/C12H16F3NOSi/c1-7(17)8-5-9(13)10(14)11(15)12(8)16-6-18(2,3)4/h5,16H,6H2,1-4H3. The van der Waals surface area contributed by atoms with Gasteiger partial charge in [0.05, 0.1) is 13.8 Å². The Morgan fingerprint density at radius 2 is 1.78 bits per heavy atom. The highest BCUT2D eigenvalue weighted by Crippen LogP contribution is 2.26. The summed E-state index contributed by atoms with van der Waals surface area (Å²) in [5.74, 6) is -4.75. The molecule has 0 aliphatic heterocycles. The third-order valence-electron chi connectivity index (χ3n) is 2.34. The van der Waals surface area contributed by atoms with Crippen LogP contribution in [-0.2, 0) is 0 Å². The second kappa shape index (κ2) is 5.13. The van der Waals surface area contributed by atoms with Crippen LogP contribution in [0.5, 0.6) is 0 Å². The number of carbonyl (C=O) groups excluding carboxylic acids is 1. The first-order chi connectivity index (χ1) is 8.13. The van der Waals surface area contributed by atoms with Crippen molar-refractivity contribution in [3.63, 3.8) is 0 Å². The molecule has 1 N–H and O–H groups in total. The van der Waals surface area contributed by atoms with Crippen molar-refractivity contribution in [3.8, 4) is 0 Å². The van der Waals surface area contributed by atoms with Gasteiger partial charge in [-0.1, -0.05) is 19.6 Å². The summed E-state index contributed by atoms with van der Waals surface area (Å²) in [6.07, 6.45) is 0.468. The van der Waals surface area contributed by atoms with Gasteiger partial charge in [-0.05, 0) is 13.0 Å². The molecule has 0 atom stereocenters. The van der Waals surface area contributed by atoms with Gasteiger partial charge in [0.25, 0.3) is 0 Å². The third-order valence-corrected chi connectivity index (χ3v) is 3.57. The number of carbonyl (C=O) groups is 1. The highest BCUT2D eigenvalue weighted by Gasteiger charge is 2.22. The Kier molecular flexibility index (Phi) is 4.21. The van der Waals surface area contributed by atoms with Crippen molar-refractivity contribution in [2.45, 2.75) is 26.6 Å². The van der Waals surface area contributed by atoms with Crippen LogP contribution in [0.2, 0.25) is 19.6 Å². The van der Waals surface area contributed by atoms with E-state index in [-0.39, 0.29) is 11.3 Å². The number of hydrogen-bond acceptors (Lipinski definition) is 2. The van der Waals surface area contributed by atoms with E-state index in [2.05, 4.69) is 5.32 Å². The lowest BCUT2D eigenvalue weighted by atomic mass is 10.1. The zero-order valence-electron chi connectivity index (χ0n) is 10.8. The summed E-state index contributed by atoms with van der Waals surface area (Å²) in [5, 5.41) is 2.73. The summed E-state index contributed by atoms with van der Waals surface area (Å²) in [5.41, 5.74) is -0.409. The maximum atomic E-state index is 13.6. The fourth-order valence-corrected chi connectivity index (χ4v) is 2.11. The van der Waals surface area contributed by atoms with Gasteiger partial charge in [-0.3, -0.25) is 4.79 Å². The second-order valence-corrected chi connectivity index (χ2v) is 10.9. The zero-order valence-corrected chi connectivity index (χ0v) is 11.8. The molecule has 0 unspecified atom stereocenters. The number of ketones is 1. The Morgan fingerprint density at radius 3 is 2.22 bits per heavy atom. The lowest BCUT2D eigenvalue weighted by Gasteiger charge is -2.19. The molecule has 0 saturated carbocycles. The molecule has 0 saturated heterocycles. The van der Waals surface area contributed by atoms with E-state index < -0.39 is 31.3 Å².